The van der Waals surface area contributed by atoms with Gasteiger partial charge in [-0.1, -0.05) is 176 Å². The van der Waals surface area contributed by atoms with E-state index in [0.29, 0.717) is 23.4 Å². The first kappa shape index (κ1) is 31.3. The van der Waals surface area contributed by atoms with Gasteiger partial charge in [-0.2, -0.15) is 0 Å². The highest BCUT2D eigenvalue weighted by Crippen LogP contribution is 2.45. The van der Waals surface area contributed by atoms with Crippen molar-refractivity contribution in [1.82, 2.24) is 15.0 Å². The molecule has 3 nitrogen and oxygen atoms in total. The van der Waals surface area contributed by atoms with Gasteiger partial charge in [0.2, 0.25) is 0 Å². The fourth-order valence-corrected chi connectivity index (χ4v) is 8.92. The molecule has 4 heteroatoms. The SMILES string of the molecule is C1=CC(c2ccc(-c3cccc4c3sc3cc(-c5nc(-c6ccccc6)nc(-c6ccccc6)n5)c5ccccc5c34)cc2)CC=C1c1ccccc1. The van der Waals surface area contributed by atoms with Crippen molar-refractivity contribution >= 4 is 47.9 Å². The summed E-state index contributed by atoms with van der Waals surface area (Å²) in [6.45, 7) is 0. The summed E-state index contributed by atoms with van der Waals surface area (Å²) in [6, 6.07) is 57.9. The number of thiophene rings is 1. The molecule has 0 radical (unpaired) electrons. The van der Waals surface area contributed by atoms with Gasteiger partial charge in [-0.25, -0.2) is 15.0 Å². The monoisotopic (exact) mass is 695 g/mol. The molecule has 0 fully saturated rings. The van der Waals surface area contributed by atoms with Crippen LogP contribution in [-0.4, -0.2) is 15.0 Å². The fourth-order valence-electron chi connectivity index (χ4n) is 7.63. The minimum Gasteiger partial charge on any atom is -0.208 e. The molecule has 0 bridgehead atoms. The Morgan fingerprint density at radius 3 is 1.70 bits per heavy atom. The van der Waals surface area contributed by atoms with Crippen molar-refractivity contribution < 1.29 is 0 Å². The summed E-state index contributed by atoms with van der Waals surface area (Å²) in [6.07, 6.45) is 8.00. The molecule has 53 heavy (non-hydrogen) atoms. The average Bonchev–Trinajstić information content (AvgIpc) is 3.63. The molecule has 1 aliphatic rings. The molecule has 250 valence electrons. The molecular weight excluding hydrogens is 663 g/mol. The van der Waals surface area contributed by atoms with Gasteiger partial charge in [0, 0.05) is 42.8 Å². The zero-order chi connectivity index (χ0) is 35.1. The molecule has 9 aromatic rings. The molecule has 0 saturated heterocycles. The van der Waals surface area contributed by atoms with Crippen molar-refractivity contribution in [2.24, 2.45) is 0 Å². The Morgan fingerprint density at radius 1 is 0.472 bits per heavy atom. The van der Waals surface area contributed by atoms with Crippen LogP contribution in [-0.2, 0) is 0 Å². The zero-order valence-electron chi connectivity index (χ0n) is 28.9. The second-order valence-corrected chi connectivity index (χ2v) is 14.6. The van der Waals surface area contributed by atoms with Crippen molar-refractivity contribution in [2.75, 3.05) is 0 Å². The van der Waals surface area contributed by atoms with Crippen LogP contribution in [0, 0.1) is 0 Å². The first-order chi connectivity index (χ1) is 26.3. The van der Waals surface area contributed by atoms with E-state index < -0.39 is 0 Å². The van der Waals surface area contributed by atoms with Gasteiger partial charge in [-0.05, 0) is 51.1 Å². The number of hydrogen-bond acceptors (Lipinski definition) is 4. The van der Waals surface area contributed by atoms with Gasteiger partial charge in [0.25, 0.3) is 0 Å². The summed E-state index contributed by atoms with van der Waals surface area (Å²) < 4.78 is 2.50. The number of benzene rings is 7. The number of rotatable bonds is 6. The third kappa shape index (κ3) is 5.74. The van der Waals surface area contributed by atoms with Gasteiger partial charge in [0.1, 0.15) is 0 Å². The van der Waals surface area contributed by atoms with Gasteiger partial charge in [0.05, 0.1) is 0 Å². The summed E-state index contributed by atoms with van der Waals surface area (Å²) in [5.74, 6) is 2.38. The lowest BCUT2D eigenvalue weighted by atomic mass is 9.87. The van der Waals surface area contributed by atoms with E-state index in [4.69, 9.17) is 15.0 Å². The predicted octanol–water partition coefficient (Wildman–Crippen LogP) is 13.2. The summed E-state index contributed by atoms with van der Waals surface area (Å²) in [5.41, 5.74) is 9.33. The van der Waals surface area contributed by atoms with Crippen LogP contribution in [0.25, 0.3) is 81.8 Å². The Kier molecular flexibility index (Phi) is 7.81. The summed E-state index contributed by atoms with van der Waals surface area (Å²) in [4.78, 5) is 15.2. The molecular formula is C49H33N3S. The highest BCUT2D eigenvalue weighted by molar-refractivity contribution is 7.26. The quantitative estimate of drug-likeness (QED) is 0.174. The van der Waals surface area contributed by atoms with E-state index in [-0.39, 0.29) is 0 Å². The molecule has 1 aliphatic carbocycles. The van der Waals surface area contributed by atoms with Crippen LogP contribution in [0.2, 0.25) is 0 Å². The fraction of sp³-hybridized carbons (Fsp3) is 0.0408. The summed E-state index contributed by atoms with van der Waals surface area (Å²) in [5, 5.41) is 4.88. The Hall–Kier alpha value is -6.49. The Labute approximate surface area is 312 Å². The second-order valence-electron chi connectivity index (χ2n) is 13.5. The third-order valence-corrected chi connectivity index (χ3v) is 11.5. The van der Waals surface area contributed by atoms with Crippen molar-refractivity contribution in [3.63, 3.8) is 0 Å². The minimum absolute atomic E-state index is 0.377. The normalized spacial score (nSPS) is 14.2. The van der Waals surface area contributed by atoms with E-state index in [2.05, 4.69) is 146 Å². The van der Waals surface area contributed by atoms with Crippen LogP contribution in [0.4, 0.5) is 0 Å². The van der Waals surface area contributed by atoms with E-state index in [1.807, 2.05) is 47.7 Å². The van der Waals surface area contributed by atoms with Crippen LogP contribution in [0.5, 0.6) is 0 Å². The van der Waals surface area contributed by atoms with E-state index in [1.54, 1.807) is 0 Å². The van der Waals surface area contributed by atoms with Gasteiger partial charge in [-0.3, -0.25) is 0 Å². The maximum Gasteiger partial charge on any atom is 0.164 e. The van der Waals surface area contributed by atoms with Crippen molar-refractivity contribution in [1.29, 1.82) is 0 Å². The first-order valence-electron chi connectivity index (χ1n) is 18.1. The topological polar surface area (TPSA) is 38.7 Å². The van der Waals surface area contributed by atoms with E-state index >= 15 is 0 Å². The van der Waals surface area contributed by atoms with Gasteiger partial charge >= 0.3 is 0 Å². The highest BCUT2D eigenvalue weighted by Gasteiger charge is 2.20. The molecule has 1 unspecified atom stereocenters. The molecule has 2 aromatic heterocycles. The van der Waals surface area contributed by atoms with Crippen molar-refractivity contribution in [3.8, 4) is 45.3 Å². The Bertz CT molecular complexity index is 2780. The van der Waals surface area contributed by atoms with Crippen LogP contribution >= 0.6 is 11.3 Å². The lowest BCUT2D eigenvalue weighted by Crippen LogP contribution is -2.00. The average molecular weight is 696 g/mol. The Balaban J connectivity index is 1.07. The highest BCUT2D eigenvalue weighted by atomic mass is 32.1. The summed E-state index contributed by atoms with van der Waals surface area (Å²) in [7, 11) is 0. The molecule has 10 rings (SSSR count). The number of aromatic nitrogens is 3. The smallest absolute Gasteiger partial charge is 0.164 e. The van der Waals surface area contributed by atoms with E-state index in [0.717, 1.165) is 28.5 Å². The van der Waals surface area contributed by atoms with Crippen LogP contribution < -0.4 is 0 Å². The summed E-state index contributed by atoms with van der Waals surface area (Å²) >= 11 is 1.85. The van der Waals surface area contributed by atoms with Crippen LogP contribution in [0.1, 0.15) is 23.5 Å². The van der Waals surface area contributed by atoms with Gasteiger partial charge in [0.15, 0.2) is 17.5 Å². The van der Waals surface area contributed by atoms with Crippen LogP contribution in [0.3, 0.4) is 0 Å². The lowest BCUT2D eigenvalue weighted by molar-refractivity contribution is 0.857. The predicted molar refractivity (Wildman–Crippen MR) is 223 cm³/mol. The second kappa shape index (κ2) is 13.2. The van der Waals surface area contributed by atoms with Crippen LogP contribution in [0.15, 0.2) is 182 Å². The van der Waals surface area contributed by atoms with Crippen molar-refractivity contribution in [3.05, 3.63) is 193 Å². The molecule has 1 atom stereocenters. The largest absolute Gasteiger partial charge is 0.208 e. The van der Waals surface area contributed by atoms with Gasteiger partial charge in [-0.15, -0.1) is 11.3 Å². The molecule has 7 aromatic carbocycles. The number of nitrogens with zero attached hydrogens (tertiary/aromatic N) is 3. The van der Waals surface area contributed by atoms with E-state index in [9.17, 15) is 0 Å². The number of fused-ring (bicyclic) bond motifs is 5. The molecule has 0 N–H and O–H groups in total. The minimum atomic E-state index is 0.377. The number of allylic oxidation sites excluding steroid dienone is 4. The lowest BCUT2D eigenvalue weighted by Gasteiger charge is -2.17. The van der Waals surface area contributed by atoms with Crippen molar-refractivity contribution in [2.45, 2.75) is 12.3 Å². The molecule has 0 spiro atoms. The standard InChI is InChI=1S/C49H33N3S/c1-4-13-32(14-5-1)33-23-25-34(26-24-33)35-27-29-36(30-28-35)39-21-12-22-42-45-41-20-11-10-19-40(41)43(31-44(45)53-46(39)42)49-51-47(37-15-6-2-7-16-37)50-48(52-49)38-17-8-3-9-18-38/h1-25,27-31,34H,26H2. The maximum atomic E-state index is 5.12. The molecule has 0 saturated carbocycles. The molecule has 0 aliphatic heterocycles. The zero-order valence-corrected chi connectivity index (χ0v) is 29.7. The Morgan fingerprint density at radius 2 is 1.06 bits per heavy atom. The molecule has 2 heterocycles. The molecule has 0 amide bonds. The maximum absolute atomic E-state index is 5.12. The van der Waals surface area contributed by atoms with E-state index in [1.165, 1.54) is 53.4 Å². The number of hydrogen-bond donors (Lipinski definition) is 0. The third-order valence-electron chi connectivity index (χ3n) is 10.3. The van der Waals surface area contributed by atoms with Gasteiger partial charge < -0.3 is 0 Å². The first-order valence-corrected chi connectivity index (χ1v) is 18.9.